The van der Waals surface area contributed by atoms with Crippen molar-refractivity contribution in [3.63, 3.8) is 0 Å². The third-order valence-electron chi connectivity index (χ3n) is 2.96. The highest BCUT2D eigenvalue weighted by Gasteiger charge is 2.11. The van der Waals surface area contributed by atoms with Gasteiger partial charge in [-0.05, 0) is 35.4 Å². The minimum atomic E-state index is -0.523. The van der Waals surface area contributed by atoms with Crippen molar-refractivity contribution in [2.45, 2.75) is 0 Å². The number of hydrogen-bond acceptors (Lipinski definition) is 4. The maximum absolute atomic E-state index is 11.1. The Labute approximate surface area is 115 Å². The zero-order valence-electron chi connectivity index (χ0n) is 10.8. The van der Waals surface area contributed by atoms with Crippen LogP contribution in [0.4, 0.5) is 0 Å². The van der Waals surface area contributed by atoms with E-state index in [4.69, 9.17) is 10.5 Å². The van der Waals surface area contributed by atoms with E-state index in [1.807, 2.05) is 0 Å². The molecule has 0 fully saturated rings. The van der Waals surface area contributed by atoms with E-state index in [0.29, 0.717) is 28.5 Å². The first kappa shape index (κ1) is 13.6. The molecule has 0 aliphatic rings. The van der Waals surface area contributed by atoms with Crippen LogP contribution in [-0.4, -0.2) is 24.4 Å². The van der Waals surface area contributed by atoms with E-state index in [-0.39, 0.29) is 11.5 Å². The third kappa shape index (κ3) is 2.47. The Morgan fingerprint density at radius 2 is 1.90 bits per heavy atom. The van der Waals surface area contributed by atoms with Gasteiger partial charge in [0.05, 0.1) is 7.11 Å². The van der Waals surface area contributed by atoms with Crippen molar-refractivity contribution >= 4 is 12.2 Å². The molecular weight excluding hydrogens is 258 g/mol. The van der Waals surface area contributed by atoms with Crippen molar-refractivity contribution < 1.29 is 19.4 Å². The van der Waals surface area contributed by atoms with Crippen molar-refractivity contribution in [2.24, 2.45) is 5.73 Å². The summed E-state index contributed by atoms with van der Waals surface area (Å²) in [4.78, 5) is 22.2. The Bertz CT molecular complexity index is 662. The van der Waals surface area contributed by atoms with Crippen LogP contribution in [0.3, 0.4) is 0 Å². The Balaban J connectivity index is 2.54. The molecule has 102 valence electrons. The average Bonchev–Trinajstić information content (AvgIpc) is 2.47. The number of rotatable bonds is 4. The largest absolute Gasteiger partial charge is 0.504 e. The molecule has 3 N–H and O–H groups in total. The predicted octanol–water partition coefficient (Wildman–Crippen LogP) is 1.98. The zero-order valence-corrected chi connectivity index (χ0v) is 10.8. The molecule has 0 saturated heterocycles. The lowest BCUT2D eigenvalue weighted by Crippen LogP contribution is -2.10. The highest BCUT2D eigenvalue weighted by molar-refractivity contribution is 5.94. The number of aromatic hydroxyl groups is 1. The van der Waals surface area contributed by atoms with Crippen molar-refractivity contribution in [3.8, 4) is 22.6 Å². The summed E-state index contributed by atoms with van der Waals surface area (Å²) < 4.78 is 4.96. The first-order chi connectivity index (χ1) is 9.56. The van der Waals surface area contributed by atoms with Gasteiger partial charge in [0.1, 0.15) is 0 Å². The Morgan fingerprint density at radius 3 is 2.40 bits per heavy atom. The summed E-state index contributed by atoms with van der Waals surface area (Å²) in [5, 5.41) is 9.80. The number of phenolic OH excluding ortho intramolecular Hbond substituents is 1. The molecule has 0 heterocycles. The van der Waals surface area contributed by atoms with Crippen LogP contribution >= 0.6 is 0 Å². The molecule has 0 bridgehead atoms. The summed E-state index contributed by atoms with van der Waals surface area (Å²) >= 11 is 0. The number of primary amides is 1. The van der Waals surface area contributed by atoms with Crippen LogP contribution in [0.2, 0.25) is 0 Å². The molecule has 0 saturated carbocycles. The quantitative estimate of drug-likeness (QED) is 0.832. The minimum absolute atomic E-state index is 0.0629. The van der Waals surface area contributed by atoms with Gasteiger partial charge in [-0.15, -0.1) is 0 Å². The van der Waals surface area contributed by atoms with E-state index in [1.165, 1.54) is 19.2 Å². The predicted molar refractivity (Wildman–Crippen MR) is 74.0 cm³/mol. The fourth-order valence-corrected chi connectivity index (χ4v) is 1.91. The summed E-state index contributed by atoms with van der Waals surface area (Å²) in [5.74, 6) is -0.360. The Hall–Kier alpha value is -2.82. The molecule has 5 nitrogen and oxygen atoms in total. The molecule has 0 aromatic heterocycles. The summed E-state index contributed by atoms with van der Waals surface area (Å²) in [5.41, 5.74) is 7.16. The molecule has 0 aliphatic carbocycles. The van der Waals surface area contributed by atoms with Gasteiger partial charge in [0.2, 0.25) is 5.91 Å². The molecule has 0 radical (unpaired) electrons. The second-order valence-electron chi connectivity index (χ2n) is 4.17. The lowest BCUT2D eigenvalue weighted by atomic mass is 9.98. The van der Waals surface area contributed by atoms with Crippen molar-refractivity contribution in [2.75, 3.05) is 7.11 Å². The average molecular weight is 271 g/mol. The first-order valence-corrected chi connectivity index (χ1v) is 5.83. The van der Waals surface area contributed by atoms with Crippen LogP contribution in [-0.2, 0) is 0 Å². The van der Waals surface area contributed by atoms with Crippen LogP contribution in [0.5, 0.6) is 11.5 Å². The lowest BCUT2D eigenvalue weighted by molar-refractivity contribution is 0.1000. The number of amides is 1. The van der Waals surface area contributed by atoms with E-state index >= 15 is 0 Å². The topological polar surface area (TPSA) is 89.6 Å². The molecule has 2 rings (SSSR count). The van der Waals surface area contributed by atoms with Crippen LogP contribution < -0.4 is 10.5 Å². The maximum atomic E-state index is 11.1. The summed E-state index contributed by atoms with van der Waals surface area (Å²) in [6, 6.07) is 9.35. The zero-order chi connectivity index (χ0) is 14.7. The van der Waals surface area contributed by atoms with Gasteiger partial charge >= 0.3 is 0 Å². The normalized spacial score (nSPS) is 10.1. The summed E-state index contributed by atoms with van der Waals surface area (Å²) in [6.07, 6.45) is 0.680. The molecule has 2 aromatic carbocycles. The molecular formula is C15H13NO4. The van der Waals surface area contributed by atoms with Gasteiger partial charge in [0.15, 0.2) is 17.8 Å². The van der Waals surface area contributed by atoms with Crippen LogP contribution in [0.1, 0.15) is 20.7 Å². The number of ether oxygens (including phenoxy) is 1. The highest BCUT2D eigenvalue weighted by Crippen LogP contribution is 2.34. The van der Waals surface area contributed by atoms with Crippen molar-refractivity contribution in [3.05, 3.63) is 47.5 Å². The maximum Gasteiger partial charge on any atom is 0.248 e. The molecule has 2 aromatic rings. The van der Waals surface area contributed by atoms with Crippen molar-refractivity contribution in [1.29, 1.82) is 0 Å². The number of nitrogens with two attached hydrogens (primary N) is 1. The highest BCUT2D eigenvalue weighted by atomic mass is 16.5. The van der Waals surface area contributed by atoms with Gasteiger partial charge in [-0.2, -0.15) is 0 Å². The third-order valence-corrected chi connectivity index (χ3v) is 2.96. The lowest BCUT2D eigenvalue weighted by Gasteiger charge is -2.10. The fourth-order valence-electron chi connectivity index (χ4n) is 1.91. The van der Waals surface area contributed by atoms with Gasteiger partial charge in [0, 0.05) is 11.1 Å². The monoisotopic (exact) mass is 271 g/mol. The number of carbonyl (C=O) groups excluding carboxylic acids is 2. The van der Waals surface area contributed by atoms with Crippen molar-refractivity contribution in [1.82, 2.24) is 0 Å². The van der Waals surface area contributed by atoms with E-state index in [2.05, 4.69) is 0 Å². The standard InChI is InChI=1S/C15H13NO4/c1-20-14-6-11(8-17)12(7-13(14)18)9-2-4-10(5-3-9)15(16)19/h2-8,18H,1H3,(H2,16,19). The SMILES string of the molecule is COc1cc(C=O)c(-c2ccc(C(N)=O)cc2)cc1O. The van der Waals surface area contributed by atoms with E-state index in [1.54, 1.807) is 24.3 Å². The number of hydrogen-bond donors (Lipinski definition) is 2. The number of methoxy groups -OCH3 is 1. The second kappa shape index (κ2) is 5.44. The van der Waals surface area contributed by atoms with Gasteiger partial charge in [-0.1, -0.05) is 12.1 Å². The fraction of sp³-hybridized carbons (Fsp3) is 0.0667. The molecule has 0 unspecified atom stereocenters. The molecule has 5 heteroatoms. The van der Waals surface area contributed by atoms with Gasteiger partial charge in [-0.3, -0.25) is 9.59 Å². The molecule has 20 heavy (non-hydrogen) atoms. The Kier molecular flexibility index (Phi) is 3.70. The number of aldehydes is 1. The number of phenols is 1. The van der Waals surface area contributed by atoms with Crippen LogP contribution in [0, 0.1) is 0 Å². The Morgan fingerprint density at radius 1 is 1.25 bits per heavy atom. The molecule has 0 spiro atoms. The van der Waals surface area contributed by atoms with Crippen LogP contribution in [0.25, 0.3) is 11.1 Å². The number of benzene rings is 2. The van der Waals surface area contributed by atoms with E-state index in [0.717, 1.165) is 0 Å². The van der Waals surface area contributed by atoms with Gasteiger partial charge in [0.25, 0.3) is 0 Å². The van der Waals surface area contributed by atoms with E-state index < -0.39 is 5.91 Å². The molecule has 0 atom stereocenters. The van der Waals surface area contributed by atoms with E-state index in [9.17, 15) is 14.7 Å². The summed E-state index contributed by atoms with van der Waals surface area (Å²) in [7, 11) is 1.41. The van der Waals surface area contributed by atoms with Crippen LogP contribution in [0.15, 0.2) is 36.4 Å². The number of carbonyl (C=O) groups is 2. The smallest absolute Gasteiger partial charge is 0.248 e. The molecule has 0 aliphatic heterocycles. The summed E-state index contributed by atoms with van der Waals surface area (Å²) in [6.45, 7) is 0. The second-order valence-corrected chi connectivity index (χ2v) is 4.17. The van der Waals surface area contributed by atoms with Gasteiger partial charge in [-0.25, -0.2) is 0 Å². The molecule has 1 amide bonds. The first-order valence-electron chi connectivity index (χ1n) is 5.83. The minimum Gasteiger partial charge on any atom is -0.504 e. The van der Waals surface area contributed by atoms with Gasteiger partial charge < -0.3 is 15.6 Å².